The van der Waals surface area contributed by atoms with E-state index in [-0.39, 0.29) is 23.7 Å². The largest absolute Gasteiger partial charge is 0.311 e. The minimum absolute atomic E-state index is 0.0785. The van der Waals surface area contributed by atoms with Gasteiger partial charge in [-0.15, -0.1) is 0 Å². The third-order valence-corrected chi connectivity index (χ3v) is 3.09. The van der Waals surface area contributed by atoms with Gasteiger partial charge in [0.25, 0.3) is 0 Å². The zero-order valence-corrected chi connectivity index (χ0v) is 11.4. The van der Waals surface area contributed by atoms with E-state index in [1.807, 2.05) is 0 Å². The van der Waals surface area contributed by atoms with Crippen molar-refractivity contribution in [2.45, 2.75) is 33.1 Å². The number of aromatic nitrogens is 2. The van der Waals surface area contributed by atoms with Crippen LogP contribution < -0.4 is 10.6 Å². The summed E-state index contributed by atoms with van der Waals surface area (Å²) in [5, 5.41) is 5.15. The number of rotatable bonds is 3. The molecule has 1 unspecified atom stereocenters. The van der Waals surface area contributed by atoms with Gasteiger partial charge in [0.2, 0.25) is 17.8 Å². The molecule has 106 valence electrons. The number of carbonyl (C=O) groups excluding carboxylic acids is 3. The highest BCUT2D eigenvalue weighted by molar-refractivity contribution is 5.90. The maximum Gasteiger partial charge on any atom is 0.231 e. The van der Waals surface area contributed by atoms with Gasteiger partial charge in [-0.2, -0.15) is 4.98 Å². The van der Waals surface area contributed by atoms with Gasteiger partial charge in [-0.3, -0.25) is 14.9 Å². The van der Waals surface area contributed by atoms with E-state index in [1.165, 1.54) is 13.8 Å². The molecule has 1 aliphatic rings. The molecule has 7 heteroatoms. The van der Waals surface area contributed by atoms with Gasteiger partial charge in [0, 0.05) is 25.3 Å². The zero-order valence-electron chi connectivity index (χ0n) is 11.4. The van der Waals surface area contributed by atoms with E-state index in [0.717, 1.165) is 17.5 Å². The first kappa shape index (κ1) is 14.1. The molecule has 0 saturated carbocycles. The van der Waals surface area contributed by atoms with E-state index in [4.69, 9.17) is 0 Å². The first-order chi connectivity index (χ1) is 9.49. The topological polar surface area (TPSA) is 101 Å². The fraction of sp³-hybridized carbons (Fsp3) is 0.462. The lowest BCUT2D eigenvalue weighted by Gasteiger charge is -2.22. The van der Waals surface area contributed by atoms with Crippen molar-refractivity contribution in [3.05, 3.63) is 11.3 Å². The number of anilines is 2. The molecule has 0 aliphatic heterocycles. The van der Waals surface area contributed by atoms with Gasteiger partial charge in [-0.25, -0.2) is 4.98 Å². The summed E-state index contributed by atoms with van der Waals surface area (Å²) in [6.45, 7) is 2.75. The Morgan fingerprint density at radius 1 is 1.20 bits per heavy atom. The SMILES string of the molecule is CC(=O)Nc1nc2c(c(NC(C)=O)n1)CC(C=O)CC2. The zero-order chi connectivity index (χ0) is 14.7. The van der Waals surface area contributed by atoms with Crippen molar-refractivity contribution in [2.75, 3.05) is 10.6 Å². The van der Waals surface area contributed by atoms with Gasteiger partial charge in [-0.1, -0.05) is 0 Å². The van der Waals surface area contributed by atoms with E-state index >= 15 is 0 Å². The maximum absolute atomic E-state index is 11.3. The molecule has 0 saturated heterocycles. The van der Waals surface area contributed by atoms with E-state index in [0.29, 0.717) is 25.1 Å². The van der Waals surface area contributed by atoms with Crippen molar-refractivity contribution in [3.8, 4) is 0 Å². The van der Waals surface area contributed by atoms with Crippen LogP contribution in [0.1, 0.15) is 31.5 Å². The van der Waals surface area contributed by atoms with Crippen LogP contribution in [0.3, 0.4) is 0 Å². The quantitative estimate of drug-likeness (QED) is 0.791. The van der Waals surface area contributed by atoms with Crippen molar-refractivity contribution in [3.63, 3.8) is 0 Å². The number of hydrogen-bond acceptors (Lipinski definition) is 5. The average molecular weight is 276 g/mol. The lowest BCUT2D eigenvalue weighted by atomic mass is 9.87. The Morgan fingerprint density at radius 3 is 2.50 bits per heavy atom. The summed E-state index contributed by atoms with van der Waals surface area (Å²) in [6.07, 6.45) is 2.77. The minimum atomic E-state index is -0.277. The first-order valence-corrected chi connectivity index (χ1v) is 6.40. The molecule has 2 amide bonds. The first-order valence-electron chi connectivity index (χ1n) is 6.40. The summed E-state index contributed by atoms with van der Waals surface area (Å²) in [6, 6.07) is 0. The van der Waals surface area contributed by atoms with Crippen LogP contribution >= 0.6 is 0 Å². The number of aldehydes is 1. The summed E-state index contributed by atoms with van der Waals surface area (Å²) in [5.74, 6) is -0.0687. The molecule has 0 spiro atoms. The number of fused-ring (bicyclic) bond motifs is 1. The van der Waals surface area contributed by atoms with Crippen molar-refractivity contribution in [1.29, 1.82) is 0 Å². The summed E-state index contributed by atoms with van der Waals surface area (Å²) >= 11 is 0. The molecule has 0 bridgehead atoms. The van der Waals surface area contributed by atoms with Crippen LogP contribution in [0.2, 0.25) is 0 Å². The monoisotopic (exact) mass is 276 g/mol. The van der Waals surface area contributed by atoms with E-state index in [2.05, 4.69) is 20.6 Å². The molecule has 1 aromatic rings. The summed E-state index contributed by atoms with van der Waals surface area (Å²) in [7, 11) is 0. The Balaban J connectivity index is 2.42. The highest BCUT2D eigenvalue weighted by Crippen LogP contribution is 2.29. The Hall–Kier alpha value is -2.31. The van der Waals surface area contributed by atoms with Gasteiger partial charge < -0.3 is 10.1 Å². The number of nitrogens with zero attached hydrogens (tertiary/aromatic N) is 2. The third-order valence-electron chi connectivity index (χ3n) is 3.09. The average Bonchev–Trinajstić information content (AvgIpc) is 2.37. The van der Waals surface area contributed by atoms with Gasteiger partial charge >= 0.3 is 0 Å². The number of nitrogens with one attached hydrogen (secondary N) is 2. The normalized spacial score (nSPS) is 17.0. The van der Waals surface area contributed by atoms with Gasteiger partial charge in [0.15, 0.2) is 0 Å². The molecular formula is C13H16N4O3. The molecule has 1 aromatic heterocycles. The third kappa shape index (κ3) is 3.17. The summed E-state index contributed by atoms with van der Waals surface area (Å²) in [4.78, 5) is 41.7. The second kappa shape index (κ2) is 5.77. The Morgan fingerprint density at radius 2 is 1.90 bits per heavy atom. The van der Waals surface area contributed by atoms with Crippen LogP contribution in [0.15, 0.2) is 0 Å². The van der Waals surface area contributed by atoms with E-state index in [1.54, 1.807) is 0 Å². The standard InChI is InChI=1S/C13H16N4O3/c1-7(19)14-12-10-5-9(6-18)3-4-11(10)16-13(17-12)15-8(2)20/h6,9H,3-5H2,1-2H3,(H2,14,15,16,17,19,20). The predicted octanol–water partition coefficient (Wildman–Crippen LogP) is 0.697. The van der Waals surface area contributed by atoms with Gasteiger partial charge in [0.05, 0.1) is 5.69 Å². The van der Waals surface area contributed by atoms with Crippen LogP contribution in [0, 0.1) is 5.92 Å². The molecule has 1 heterocycles. The van der Waals surface area contributed by atoms with Crippen LogP contribution in [0.5, 0.6) is 0 Å². The van der Waals surface area contributed by atoms with Crippen LogP contribution in [0.25, 0.3) is 0 Å². The Kier molecular flexibility index (Phi) is 4.07. The van der Waals surface area contributed by atoms with E-state index < -0.39 is 0 Å². The second-order valence-electron chi connectivity index (χ2n) is 4.82. The van der Waals surface area contributed by atoms with Crippen LogP contribution in [-0.2, 0) is 27.2 Å². The fourth-order valence-corrected chi connectivity index (χ4v) is 2.24. The summed E-state index contributed by atoms with van der Waals surface area (Å²) in [5.41, 5.74) is 1.54. The maximum atomic E-state index is 11.3. The highest BCUT2D eigenvalue weighted by Gasteiger charge is 2.24. The molecule has 20 heavy (non-hydrogen) atoms. The molecule has 1 atom stereocenters. The van der Waals surface area contributed by atoms with Crippen LogP contribution in [-0.4, -0.2) is 28.1 Å². The molecule has 7 nitrogen and oxygen atoms in total. The molecule has 0 fully saturated rings. The lowest BCUT2D eigenvalue weighted by Crippen LogP contribution is -2.22. The van der Waals surface area contributed by atoms with Crippen molar-refractivity contribution >= 4 is 29.9 Å². The summed E-state index contributed by atoms with van der Waals surface area (Å²) < 4.78 is 0. The Bertz CT molecular complexity index is 571. The van der Waals surface area contributed by atoms with Crippen molar-refractivity contribution < 1.29 is 14.4 Å². The van der Waals surface area contributed by atoms with Crippen molar-refractivity contribution in [2.24, 2.45) is 5.92 Å². The number of amides is 2. The van der Waals surface area contributed by atoms with Gasteiger partial charge in [-0.05, 0) is 19.3 Å². The Labute approximate surface area is 116 Å². The van der Waals surface area contributed by atoms with E-state index in [9.17, 15) is 14.4 Å². The molecule has 1 aliphatic carbocycles. The predicted molar refractivity (Wildman–Crippen MR) is 72.2 cm³/mol. The fourth-order valence-electron chi connectivity index (χ4n) is 2.24. The number of carbonyl (C=O) groups is 3. The van der Waals surface area contributed by atoms with Crippen LogP contribution in [0.4, 0.5) is 11.8 Å². The molecular weight excluding hydrogens is 260 g/mol. The molecule has 2 N–H and O–H groups in total. The molecule has 0 aromatic carbocycles. The second-order valence-corrected chi connectivity index (χ2v) is 4.82. The highest BCUT2D eigenvalue weighted by atomic mass is 16.2. The smallest absolute Gasteiger partial charge is 0.231 e. The lowest BCUT2D eigenvalue weighted by molar-refractivity contribution is -0.115. The van der Waals surface area contributed by atoms with Gasteiger partial charge in [0.1, 0.15) is 12.1 Å². The molecule has 2 rings (SSSR count). The molecule has 0 radical (unpaired) electrons. The minimum Gasteiger partial charge on any atom is -0.311 e. The van der Waals surface area contributed by atoms with Crippen molar-refractivity contribution in [1.82, 2.24) is 9.97 Å². The number of aryl methyl sites for hydroxylation is 1. The number of hydrogen-bond donors (Lipinski definition) is 2.